The van der Waals surface area contributed by atoms with E-state index in [1.165, 1.54) is 41.7 Å². The van der Waals surface area contributed by atoms with Crippen LogP contribution in [0.5, 0.6) is 0 Å². The lowest BCUT2D eigenvalue weighted by Gasteiger charge is -2.15. The first-order valence-corrected chi connectivity index (χ1v) is 47.3. The van der Waals surface area contributed by atoms with Crippen molar-refractivity contribution in [3.8, 4) is 146 Å². The Labute approximate surface area is 795 Å². The average molecular weight is 1780 g/mol. The second-order valence-electron chi connectivity index (χ2n) is 35.4. The summed E-state index contributed by atoms with van der Waals surface area (Å²) >= 11 is 1.80. The minimum atomic E-state index is 0.574. The van der Waals surface area contributed by atoms with Crippen molar-refractivity contribution in [3.05, 3.63) is 461 Å². The number of hydrogen-bond acceptors (Lipinski definition) is 10. The van der Waals surface area contributed by atoms with Crippen molar-refractivity contribution in [3.63, 3.8) is 0 Å². The van der Waals surface area contributed by atoms with Crippen LogP contribution in [-0.2, 0) is 0 Å². The maximum Gasteiger partial charge on any atom is 0.164 e. The van der Waals surface area contributed by atoms with Gasteiger partial charge in [-0.15, -0.1) is 11.3 Å². The van der Waals surface area contributed by atoms with Gasteiger partial charge in [0.05, 0.1) is 0 Å². The minimum absolute atomic E-state index is 0.574. The number of aromatic nitrogens is 6. The van der Waals surface area contributed by atoms with Gasteiger partial charge in [0.2, 0.25) is 0 Å². The Morgan fingerprint density at radius 1 is 0.145 bits per heavy atom. The lowest BCUT2D eigenvalue weighted by molar-refractivity contribution is 0.669. The lowest BCUT2D eigenvalue weighted by atomic mass is 9.90. The lowest BCUT2D eigenvalue weighted by Crippen LogP contribution is -2.01. The standard InChI is InChI=1S/C67H41N3O2.C61H35N3OS/c1-4-15-42(16-5-1)45-27-31-47(32-28-45)65-68-66(70-67(69-65)57-24-14-26-60-62(57)56-23-12-13-25-59(56)71-60)48-33-29-46(30-34-48)54-35-36-55(64-63(54)58-40-49-21-10-11-22-50(49)41-61(58)72-64)53-38-51(43-17-6-2-7-18-43)37-52(39-53)44-19-8-3-9-20-44;1-3-13-38-31-42(23-21-36(38)11-1)45-27-29-51(57-53-33-40-15-5-6-16-41(40)34-54(53)65-58(45)57)48-28-30-52(47-18-8-7-17-46(47)48)61-63-59(43-24-22-37-12-2-4-14-39(37)32-43)62-60(64-61)44-25-26-50-49-19-9-10-20-55(49)66-56(50)35-44/h1-41H;1-35H. The Bertz CT molecular complexity index is 9730. The number of rotatable bonds is 13. The number of para-hydroxylation sites is 1. The Kier molecular flexibility index (Phi) is 19.0. The Hall–Kier alpha value is -18.2. The van der Waals surface area contributed by atoms with E-state index in [-0.39, 0.29) is 0 Å². The molecular formula is C128H76N6O3S. The van der Waals surface area contributed by atoms with Crippen LogP contribution in [0.2, 0.25) is 0 Å². The third-order valence-electron chi connectivity index (χ3n) is 27.2. The second kappa shape index (κ2) is 32.9. The number of fused-ring (bicyclic) bond motifs is 17. The molecule has 28 rings (SSSR count). The topological polar surface area (TPSA) is 117 Å². The van der Waals surface area contributed by atoms with E-state index in [0.29, 0.717) is 34.9 Å². The van der Waals surface area contributed by atoms with Gasteiger partial charge in [0.25, 0.3) is 0 Å². The van der Waals surface area contributed by atoms with Gasteiger partial charge in [0.15, 0.2) is 34.9 Å². The summed E-state index contributed by atoms with van der Waals surface area (Å²) in [6.07, 6.45) is 0. The molecule has 0 aliphatic carbocycles. The summed E-state index contributed by atoms with van der Waals surface area (Å²) in [7, 11) is 0. The van der Waals surface area contributed by atoms with Gasteiger partial charge in [0.1, 0.15) is 33.5 Å². The van der Waals surface area contributed by atoms with Gasteiger partial charge in [-0.3, -0.25) is 0 Å². The summed E-state index contributed by atoms with van der Waals surface area (Å²) in [4.78, 5) is 31.4. The molecule has 6 aromatic heterocycles. The fourth-order valence-corrected chi connectivity index (χ4v) is 21.6. The molecule has 0 saturated heterocycles. The van der Waals surface area contributed by atoms with E-state index in [0.717, 1.165) is 209 Å². The summed E-state index contributed by atoms with van der Waals surface area (Å²) in [5, 5.41) is 20.3. The van der Waals surface area contributed by atoms with Gasteiger partial charge in [-0.1, -0.05) is 364 Å². The van der Waals surface area contributed by atoms with Crippen molar-refractivity contribution in [2.75, 3.05) is 0 Å². The molecule has 0 fully saturated rings. The third kappa shape index (κ3) is 14.0. The number of benzene rings is 22. The van der Waals surface area contributed by atoms with Crippen molar-refractivity contribution in [1.29, 1.82) is 0 Å². The van der Waals surface area contributed by atoms with Gasteiger partial charge in [-0.2, -0.15) is 0 Å². The van der Waals surface area contributed by atoms with Crippen LogP contribution in [0.25, 0.3) is 286 Å². The predicted octanol–water partition coefficient (Wildman–Crippen LogP) is 35.2. The summed E-state index contributed by atoms with van der Waals surface area (Å²) < 4.78 is 22.8. The van der Waals surface area contributed by atoms with Crippen molar-refractivity contribution in [2.45, 2.75) is 0 Å². The van der Waals surface area contributed by atoms with Crippen LogP contribution in [-0.4, -0.2) is 29.9 Å². The molecule has 138 heavy (non-hydrogen) atoms. The van der Waals surface area contributed by atoms with Crippen molar-refractivity contribution in [2.24, 2.45) is 0 Å². The van der Waals surface area contributed by atoms with Crippen LogP contribution >= 0.6 is 11.3 Å². The van der Waals surface area contributed by atoms with Gasteiger partial charge in [-0.05, 0) is 218 Å². The molecule has 6 heterocycles. The molecule has 0 atom stereocenters. The highest BCUT2D eigenvalue weighted by Crippen LogP contribution is 2.50. The molecule has 0 N–H and O–H groups in total. The van der Waals surface area contributed by atoms with E-state index in [2.05, 4.69) is 425 Å². The molecule has 0 amide bonds. The van der Waals surface area contributed by atoms with Gasteiger partial charge in [0, 0.05) is 97.0 Å². The molecule has 0 radical (unpaired) electrons. The summed E-state index contributed by atoms with van der Waals surface area (Å²) in [5.41, 5.74) is 26.0. The third-order valence-corrected chi connectivity index (χ3v) is 28.3. The molecule has 642 valence electrons. The number of nitrogens with zero attached hydrogens (tertiary/aromatic N) is 6. The Balaban J connectivity index is 0.000000140. The molecule has 28 aromatic rings. The molecule has 9 nitrogen and oxygen atoms in total. The largest absolute Gasteiger partial charge is 0.456 e. The first-order valence-electron chi connectivity index (χ1n) is 46.5. The van der Waals surface area contributed by atoms with Crippen LogP contribution in [0.4, 0.5) is 0 Å². The van der Waals surface area contributed by atoms with E-state index in [1.807, 2.05) is 36.4 Å². The molecule has 0 aliphatic rings. The second-order valence-corrected chi connectivity index (χ2v) is 36.5. The van der Waals surface area contributed by atoms with E-state index < -0.39 is 0 Å². The first kappa shape index (κ1) is 79.5. The number of hydrogen-bond donors (Lipinski definition) is 0. The quantitative estimate of drug-likeness (QED) is 0.111. The van der Waals surface area contributed by atoms with Crippen LogP contribution < -0.4 is 0 Å². The number of furan rings is 3. The zero-order chi connectivity index (χ0) is 90.8. The van der Waals surface area contributed by atoms with Crippen molar-refractivity contribution in [1.82, 2.24) is 29.9 Å². The summed E-state index contributed by atoms with van der Waals surface area (Å²) in [5.74, 6) is 3.63. The highest BCUT2D eigenvalue weighted by atomic mass is 32.1. The van der Waals surface area contributed by atoms with Crippen LogP contribution in [0.3, 0.4) is 0 Å². The number of thiophene rings is 1. The maximum absolute atomic E-state index is 7.05. The molecule has 0 bridgehead atoms. The Morgan fingerprint density at radius 2 is 0.514 bits per heavy atom. The molecular weight excluding hydrogens is 1700 g/mol. The first-order chi connectivity index (χ1) is 68.3. The van der Waals surface area contributed by atoms with Crippen molar-refractivity contribution < 1.29 is 13.3 Å². The van der Waals surface area contributed by atoms with Crippen LogP contribution in [0.15, 0.2) is 474 Å². The molecule has 0 spiro atoms. The Morgan fingerprint density at radius 3 is 1.11 bits per heavy atom. The fraction of sp³-hybridized carbons (Fsp3) is 0. The maximum atomic E-state index is 7.05. The predicted molar refractivity (Wildman–Crippen MR) is 573 cm³/mol. The zero-order valence-corrected chi connectivity index (χ0v) is 75.0. The highest BCUT2D eigenvalue weighted by molar-refractivity contribution is 7.25. The highest BCUT2D eigenvalue weighted by Gasteiger charge is 2.27. The van der Waals surface area contributed by atoms with Crippen LogP contribution in [0, 0.1) is 0 Å². The molecule has 0 unspecified atom stereocenters. The zero-order valence-electron chi connectivity index (χ0n) is 74.2. The molecule has 22 aromatic carbocycles. The average Bonchev–Trinajstić information content (AvgIpc) is 1.53. The van der Waals surface area contributed by atoms with Gasteiger partial charge in [-0.25, -0.2) is 29.9 Å². The SMILES string of the molecule is c1ccc(-c2ccc(-c3nc(-c4ccc(-c5ccc(-c6cc(-c7ccccc7)cc(-c7ccccc7)c6)c6oc7cc8ccccc8cc7c56)cc4)nc(-c4cccc5oc6ccccc6c45)n3)cc2)cc1.c1ccc2cc(-c3nc(-c4ccc5c(c4)sc4ccccc45)nc(-c4ccc(-c5ccc(-c6ccc7ccccc7c6)c6oc7cc8ccccc8cc7c56)c5ccccc45)n3)ccc2c1. The fourth-order valence-electron chi connectivity index (χ4n) is 20.4. The summed E-state index contributed by atoms with van der Waals surface area (Å²) in [6, 6.07) is 163. The molecule has 0 aliphatic heterocycles. The smallest absolute Gasteiger partial charge is 0.164 e. The van der Waals surface area contributed by atoms with E-state index in [1.54, 1.807) is 11.3 Å². The van der Waals surface area contributed by atoms with Gasteiger partial charge < -0.3 is 13.3 Å². The normalized spacial score (nSPS) is 11.8. The minimum Gasteiger partial charge on any atom is -0.456 e. The van der Waals surface area contributed by atoms with E-state index in [9.17, 15) is 0 Å². The monoisotopic (exact) mass is 1780 g/mol. The van der Waals surface area contributed by atoms with Crippen molar-refractivity contribution >= 4 is 151 Å². The van der Waals surface area contributed by atoms with Crippen LogP contribution in [0.1, 0.15) is 0 Å². The summed E-state index contributed by atoms with van der Waals surface area (Å²) in [6.45, 7) is 0. The van der Waals surface area contributed by atoms with E-state index >= 15 is 0 Å². The van der Waals surface area contributed by atoms with E-state index in [4.69, 9.17) is 43.2 Å². The molecule has 0 saturated carbocycles. The van der Waals surface area contributed by atoms with Gasteiger partial charge >= 0.3 is 0 Å². The molecule has 10 heteroatoms.